The Morgan fingerprint density at radius 2 is 0.882 bits per heavy atom. The lowest BCUT2D eigenvalue weighted by atomic mass is 9.77. The molecule has 240 valence electrons. The smallest absolute Gasteiger partial charge is 0.0165 e. The molecule has 0 N–H and O–H groups in total. The van der Waals surface area contributed by atoms with Gasteiger partial charge in [0.1, 0.15) is 0 Å². The Bertz CT molecular complexity index is 2800. The van der Waals surface area contributed by atoms with Crippen LogP contribution >= 0.6 is 0 Å². The SMILES string of the molecule is CC1(C)C(c2ccccc2)=C(c2ccccc2)c2ccc(-c3c4ccccc4c(-c4cccc5c4ccc4ccccc45)c4ccccc34)cc21. The van der Waals surface area contributed by atoms with Crippen LogP contribution in [0.15, 0.2) is 182 Å². The molecule has 0 heterocycles. The molecule has 10 rings (SSSR count). The summed E-state index contributed by atoms with van der Waals surface area (Å²) in [4.78, 5) is 0. The fourth-order valence-corrected chi connectivity index (χ4v) is 9.02. The Hall–Kier alpha value is -6.24. The molecule has 0 fully saturated rings. The van der Waals surface area contributed by atoms with E-state index >= 15 is 0 Å². The van der Waals surface area contributed by atoms with Crippen LogP contribution in [0.2, 0.25) is 0 Å². The Morgan fingerprint density at radius 1 is 0.333 bits per heavy atom. The van der Waals surface area contributed by atoms with Crippen molar-refractivity contribution in [3.63, 3.8) is 0 Å². The van der Waals surface area contributed by atoms with Crippen molar-refractivity contribution in [2.75, 3.05) is 0 Å². The predicted molar refractivity (Wildman–Crippen MR) is 219 cm³/mol. The topological polar surface area (TPSA) is 0 Å². The third-order valence-corrected chi connectivity index (χ3v) is 11.2. The quantitative estimate of drug-likeness (QED) is 0.132. The van der Waals surface area contributed by atoms with E-state index in [1.165, 1.54) is 98.7 Å². The average molecular weight is 649 g/mol. The number of hydrogen-bond donors (Lipinski definition) is 0. The molecule has 0 aromatic heterocycles. The largest absolute Gasteiger partial charge is 0.0622 e. The molecule has 9 aromatic carbocycles. The fraction of sp³-hybridized carbons (Fsp3) is 0.0588. The lowest BCUT2D eigenvalue weighted by molar-refractivity contribution is 0.704. The van der Waals surface area contributed by atoms with E-state index in [0.29, 0.717) is 0 Å². The van der Waals surface area contributed by atoms with E-state index in [1.54, 1.807) is 0 Å². The number of allylic oxidation sites excluding steroid dienone is 1. The molecule has 0 amide bonds. The maximum atomic E-state index is 2.49. The van der Waals surface area contributed by atoms with Gasteiger partial charge in [0, 0.05) is 5.41 Å². The van der Waals surface area contributed by atoms with Crippen molar-refractivity contribution in [1.29, 1.82) is 0 Å². The van der Waals surface area contributed by atoms with Gasteiger partial charge < -0.3 is 0 Å². The standard InChI is InChI=1S/C51H36/c1-51(2)46-32-36(29-31-45(46)48(34-17-5-3-6-18-34)50(51)35-19-7-4-8-20-35)47-41-22-11-13-24-43(41)49(44-25-14-12-23-42(44)47)40-27-15-26-38-37-21-10-9-16-33(37)28-30-39(38)40/h3-32H,1-2H3. The van der Waals surface area contributed by atoms with E-state index in [1.807, 2.05) is 0 Å². The number of benzene rings is 9. The molecular weight excluding hydrogens is 613 g/mol. The molecule has 0 nitrogen and oxygen atoms in total. The second-order valence-corrected chi connectivity index (χ2v) is 14.4. The lowest BCUT2D eigenvalue weighted by Crippen LogP contribution is -2.16. The monoisotopic (exact) mass is 648 g/mol. The maximum absolute atomic E-state index is 2.49. The van der Waals surface area contributed by atoms with E-state index in [0.717, 1.165) is 0 Å². The molecule has 0 unspecified atom stereocenters. The van der Waals surface area contributed by atoms with E-state index in [2.05, 4.69) is 196 Å². The second kappa shape index (κ2) is 11.4. The Kier molecular flexibility index (Phi) is 6.63. The first-order valence-electron chi connectivity index (χ1n) is 17.9. The predicted octanol–water partition coefficient (Wildman–Crippen LogP) is 13.9. The van der Waals surface area contributed by atoms with Gasteiger partial charge in [0.25, 0.3) is 0 Å². The van der Waals surface area contributed by atoms with Gasteiger partial charge in [-0.3, -0.25) is 0 Å². The first-order chi connectivity index (χ1) is 25.1. The minimum atomic E-state index is -0.199. The third kappa shape index (κ3) is 4.46. The first-order valence-corrected chi connectivity index (χ1v) is 17.9. The van der Waals surface area contributed by atoms with Crippen LogP contribution < -0.4 is 0 Å². The van der Waals surface area contributed by atoms with Crippen LogP contribution in [0.3, 0.4) is 0 Å². The molecule has 51 heavy (non-hydrogen) atoms. The normalized spacial score (nSPS) is 13.8. The van der Waals surface area contributed by atoms with E-state index in [9.17, 15) is 0 Å². The van der Waals surface area contributed by atoms with Crippen molar-refractivity contribution in [3.05, 3.63) is 204 Å². The molecule has 0 bridgehead atoms. The molecule has 0 saturated carbocycles. The van der Waals surface area contributed by atoms with Crippen molar-refractivity contribution in [2.24, 2.45) is 0 Å². The highest BCUT2D eigenvalue weighted by atomic mass is 14.4. The summed E-state index contributed by atoms with van der Waals surface area (Å²) >= 11 is 0. The van der Waals surface area contributed by atoms with E-state index in [-0.39, 0.29) is 5.41 Å². The number of rotatable bonds is 4. The van der Waals surface area contributed by atoms with Crippen LogP contribution in [-0.4, -0.2) is 0 Å². The summed E-state index contributed by atoms with van der Waals surface area (Å²) in [6, 6.07) is 67.3. The second-order valence-electron chi connectivity index (χ2n) is 14.4. The zero-order valence-electron chi connectivity index (χ0n) is 28.8. The highest BCUT2D eigenvalue weighted by molar-refractivity contribution is 6.25. The fourth-order valence-electron chi connectivity index (χ4n) is 9.02. The molecule has 9 aromatic rings. The number of fused-ring (bicyclic) bond motifs is 6. The highest BCUT2D eigenvalue weighted by Gasteiger charge is 2.39. The van der Waals surface area contributed by atoms with Gasteiger partial charge in [-0.25, -0.2) is 0 Å². The van der Waals surface area contributed by atoms with Crippen molar-refractivity contribution in [3.8, 4) is 22.3 Å². The molecule has 0 spiro atoms. The summed E-state index contributed by atoms with van der Waals surface area (Å²) < 4.78 is 0. The van der Waals surface area contributed by atoms with Gasteiger partial charge in [0.15, 0.2) is 0 Å². The molecule has 0 saturated heterocycles. The van der Waals surface area contributed by atoms with E-state index < -0.39 is 0 Å². The highest BCUT2D eigenvalue weighted by Crippen LogP contribution is 2.54. The molecule has 0 atom stereocenters. The zero-order chi connectivity index (χ0) is 34.1. The van der Waals surface area contributed by atoms with E-state index in [4.69, 9.17) is 0 Å². The Morgan fingerprint density at radius 3 is 1.55 bits per heavy atom. The maximum Gasteiger partial charge on any atom is 0.0165 e. The van der Waals surface area contributed by atoms with Crippen LogP contribution in [0, 0.1) is 0 Å². The molecule has 0 aliphatic heterocycles. The summed E-state index contributed by atoms with van der Waals surface area (Å²) in [5, 5.41) is 10.2. The van der Waals surface area contributed by atoms with Gasteiger partial charge in [0.05, 0.1) is 0 Å². The zero-order valence-corrected chi connectivity index (χ0v) is 28.8. The minimum Gasteiger partial charge on any atom is -0.0622 e. The van der Waals surface area contributed by atoms with Crippen molar-refractivity contribution >= 4 is 54.2 Å². The third-order valence-electron chi connectivity index (χ3n) is 11.2. The number of hydrogen-bond acceptors (Lipinski definition) is 0. The van der Waals surface area contributed by atoms with Gasteiger partial charge >= 0.3 is 0 Å². The van der Waals surface area contributed by atoms with Gasteiger partial charge in [-0.15, -0.1) is 0 Å². The molecule has 1 aliphatic carbocycles. The molecule has 1 aliphatic rings. The summed E-state index contributed by atoms with van der Waals surface area (Å²) in [6.07, 6.45) is 0. The lowest BCUT2D eigenvalue weighted by Gasteiger charge is -2.26. The van der Waals surface area contributed by atoms with Crippen LogP contribution in [0.25, 0.3) is 76.5 Å². The van der Waals surface area contributed by atoms with Crippen LogP contribution in [0.5, 0.6) is 0 Å². The van der Waals surface area contributed by atoms with Crippen molar-refractivity contribution in [2.45, 2.75) is 19.3 Å². The first kappa shape index (κ1) is 29.7. The molecular formula is C51H36. The summed E-state index contributed by atoms with van der Waals surface area (Å²) in [6.45, 7) is 4.80. The summed E-state index contributed by atoms with van der Waals surface area (Å²) in [5.41, 5.74) is 12.9. The van der Waals surface area contributed by atoms with Crippen LogP contribution in [0.1, 0.15) is 36.1 Å². The van der Waals surface area contributed by atoms with Crippen LogP contribution in [-0.2, 0) is 5.41 Å². The minimum absolute atomic E-state index is 0.199. The Balaban J connectivity index is 1.24. The van der Waals surface area contributed by atoms with Crippen molar-refractivity contribution in [1.82, 2.24) is 0 Å². The average Bonchev–Trinajstić information content (AvgIpc) is 3.43. The summed E-state index contributed by atoms with van der Waals surface area (Å²) in [7, 11) is 0. The van der Waals surface area contributed by atoms with Crippen LogP contribution in [0.4, 0.5) is 0 Å². The molecule has 0 radical (unpaired) electrons. The van der Waals surface area contributed by atoms with Gasteiger partial charge in [-0.05, 0) is 105 Å². The Labute approximate surface area is 299 Å². The van der Waals surface area contributed by atoms with Gasteiger partial charge in [0.2, 0.25) is 0 Å². The van der Waals surface area contributed by atoms with Gasteiger partial charge in [-0.2, -0.15) is 0 Å². The summed E-state index contributed by atoms with van der Waals surface area (Å²) in [5.74, 6) is 0. The molecule has 0 heteroatoms. The van der Waals surface area contributed by atoms with Gasteiger partial charge in [-0.1, -0.05) is 190 Å². The van der Waals surface area contributed by atoms with Crippen molar-refractivity contribution < 1.29 is 0 Å².